The molecule has 0 unspecified atom stereocenters. The molecule has 0 aliphatic heterocycles. The summed E-state index contributed by atoms with van der Waals surface area (Å²) in [6.45, 7) is 16.2. The molecule has 8 nitrogen and oxygen atoms in total. The van der Waals surface area contributed by atoms with Gasteiger partial charge in [-0.15, -0.1) is 0 Å². The van der Waals surface area contributed by atoms with E-state index < -0.39 is 20.6 Å². The quantitative estimate of drug-likeness (QED) is 0.305. The molecule has 4 rings (SSSR count). The number of hydrogen-bond acceptors (Lipinski definition) is 8. The van der Waals surface area contributed by atoms with Gasteiger partial charge in [0, 0.05) is 5.41 Å². The fraction of sp³-hybridized carbons (Fsp3) is 0.586. The molecule has 39 heavy (non-hydrogen) atoms. The van der Waals surface area contributed by atoms with E-state index in [0.717, 1.165) is 22.3 Å². The van der Waals surface area contributed by atoms with Crippen LogP contribution in [0.25, 0.3) is 0 Å². The summed E-state index contributed by atoms with van der Waals surface area (Å²) in [6, 6.07) is 6.96. The molecule has 2 aliphatic rings. The summed E-state index contributed by atoms with van der Waals surface area (Å²) in [4.78, 5) is 0. The van der Waals surface area contributed by atoms with E-state index in [1.165, 1.54) is 0 Å². The van der Waals surface area contributed by atoms with Crippen molar-refractivity contribution in [3.8, 4) is 11.5 Å². The standard InChI is InChI=1S/C29H42O8P2/c1-9-34-38(32,35-10-2)25-15-19-21(13-23(25)30)29(17-27(19,5)6)18-28(7,8)20-16-26(24(31)14-22(20)29)39(33,36-11-3)37-12-4/h13-16,30-31H,9-12,17-18H2,1-8H3. The van der Waals surface area contributed by atoms with Crippen LogP contribution in [0.2, 0.25) is 0 Å². The maximum atomic E-state index is 13.7. The summed E-state index contributed by atoms with van der Waals surface area (Å²) in [5.74, 6) is -0.277. The number of benzene rings is 2. The van der Waals surface area contributed by atoms with Crippen LogP contribution in [0.3, 0.4) is 0 Å². The van der Waals surface area contributed by atoms with Crippen molar-refractivity contribution < 1.29 is 37.4 Å². The summed E-state index contributed by atoms with van der Waals surface area (Å²) in [5.41, 5.74) is 2.52. The van der Waals surface area contributed by atoms with Crippen molar-refractivity contribution in [1.82, 2.24) is 0 Å². The fourth-order valence-corrected chi connectivity index (χ4v) is 10.2. The van der Waals surface area contributed by atoms with Gasteiger partial charge in [-0.05, 0) is 97.9 Å². The average molecular weight is 581 g/mol. The van der Waals surface area contributed by atoms with Crippen LogP contribution in [-0.2, 0) is 43.5 Å². The number of rotatable bonds is 10. The van der Waals surface area contributed by atoms with Gasteiger partial charge in [-0.3, -0.25) is 9.13 Å². The van der Waals surface area contributed by atoms with Crippen LogP contribution in [0.4, 0.5) is 0 Å². The molecule has 2 aromatic carbocycles. The molecule has 2 aliphatic carbocycles. The second-order valence-corrected chi connectivity index (χ2v) is 15.6. The van der Waals surface area contributed by atoms with Crippen molar-refractivity contribution in [2.75, 3.05) is 26.4 Å². The number of fused-ring (bicyclic) bond motifs is 4. The predicted molar refractivity (Wildman–Crippen MR) is 153 cm³/mol. The Morgan fingerprint density at radius 1 is 0.615 bits per heavy atom. The molecule has 0 amide bonds. The summed E-state index contributed by atoms with van der Waals surface area (Å²) in [7, 11) is -7.46. The first kappa shape index (κ1) is 30.3. The van der Waals surface area contributed by atoms with Crippen LogP contribution in [0.1, 0.15) is 90.5 Å². The minimum absolute atomic E-state index is 0.139. The van der Waals surface area contributed by atoms with E-state index in [0.29, 0.717) is 12.8 Å². The smallest absolute Gasteiger partial charge is 0.365 e. The Balaban J connectivity index is 1.96. The van der Waals surface area contributed by atoms with Crippen LogP contribution in [0, 0.1) is 0 Å². The first-order valence-corrected chi connectivity index (χ1v) is 16.8. The Kier molecular flexibility index (Phi) is 8.01. The van der Waals surface area contributed by atoms with Crippen LogP contribution < -0.4 is 10.6 Å². The van der Waals surface area contributed by atoms with E-state index in [-0.39, 0.29) is 59.4 Å². The first-order chi connectivity index (χ1) is 18.1. The Bertz CT molecular complexity index is 1240. The highest BCUT2D eigenvalue weighted by atomic mass is 31.2. The molecular weight excluding hydrogens is 538 g/mol. The Morgan fingerprint density at radius 2 is 0.923 bits per heavy atom. The molecule has 2 N–H and O–H groups in total. The second-order valence-electron chi connectivity index (χ2n) is 11.6. The summed E-state index contributed by atoms with van der Waals surface area (Å²) < 4.78 is 49.6. The summed E-state index contributed by atoms with van der Waals surface area (Å²) in [6.07, 6.45) is 1.41. The lowest BCUT2D eigenvalue weighted by molar-refractivity contribution is 0.228. The van der Waals surface area contributed by atoms with E-state index in [1.54, 1.807) is 52.0 Å². The van der Waals surface area contributed by atoms with Gasteiger partial charge in [0.15, 0.2) is 0 Å². The third-order valence-electron chi connectivity index (χ3n) is 7.99. The van der Waals surface area contributed by atoms with Gasteiger partial charge in [0.05, 0.1) is 26.4 Å². The largest absolute Gasteiger partial charge is 0.507 e. The number of phenols is 2. The van der Waals surface area contributed by atoms with E-state index >= 15 is 0 Å². The highest BCUT2D eigenvalue weighted by Gasteiger charge is 2.57. The van der Waals surface area contributed by atoms with Gasteiger partial charge in [-0.25, -0.2) is 0 Å². The van der Waals surface area contributed by atoms with Crippen molar-refractivity contribution in [2.24, 2.45) is 0 Å². The molecular formula is C29H42O8P2. The molecule has 216 valence electrons. The number of phenolic OH excluding ortho intramolecular Hbond substituents is 2. The Morgan fingerprint density at radius 3 is 1.21 bits per heavy atom. The van der Waals surface area contributed by atoms with Gasteiger partial charge in [-0.2, -0.15) is 0 Å². The van der Waals surface area contributed by atoms with E-state index in [9.17, 15) is 19.3 Å². The third kappa shape index (κ3) is 4.81. The fourth-order valence-electron chi connectivity index (χ4n) is 6.82. The van der Waals surface area contributed by atoms with Gasteiger partial charge in [0.2, 0.25) is 0 Å². The topological polar surface area (TPSA) is 112 Å². The predicted octanol–water partition coefficient (Wildman–Crippen LogP) is 6.53. The molecule has 1 spiro atoms. The molecule has 0 aromatic heterocycles. The minimum Gasteiger partial charge on any atom is -0.507 e. The zero-order valence-electron chi connectivity index (χ0n) is 24.3. The van der Waals surface area contributed by atoms with Gasteiger partial charge >= 0.3 is 15.2 Å². The molecule has 2 aromatic rings. The van der Waals surface area contributed by atoms with E-state index in [4.69, 9.17) is 18.1 Å². The van der Waals surface area contributed by atoms with Gasteiger partial charge in [-0.1, -0.05) is 27.7 Å². The average Bonchev–Trinajstić information content (AvgIpc) is 3.17. The first-order valence-electron chi connectivity index (χ1n) is 13.7. The molecule has 0 saturated heterocycles. The zero-order chi connectivity index (χ0) is 29.0. The zero-order valence-corrected chi connectivity index (χ0v) is 26.1. The second kappa shape index (κ2) is 10.3. The van der Waals surface area contributed by atoms with Crippen molar-refractivity contribution in [3.05, 3.63) is 46.5 Å². The lowest BCUT2D eigenvalue weighted by atomic mass is 9.72. The van der Waals surface area contributed by atoms with Crippen LogP contribution >= 0.6 is 15.2 Å². The number of hydrogen-bond donors (Lipinski definition) is 2. The van der Waals surface area contributed by atoms with Crippen molar-refractivity contribution in [2.45, 2.75) is 84.5 Å². The monoisotopic (exact) mass is 580 g/mol. The maximum Gasteiger partial charge on any atom is 0.365 e. The summed E-state index contributed by atoms with van der Waals surface area (Å²) >= 11 is 0. The lowest BCUT2D eigenvalue weighted by Gasteiger charge is -2.30. The minimum atomic E-state index is -3.73. The molecule has 10 heteroatoms. The molecule has 0 saturated carbocycles. The molecule has 0 bridgehead atoms. The molecule has 0 atom stereocenters. The highest BCUT2D eigenvalue weighted by Crippen LogP contribution is 2.65. The van der Waals surface area contributed by atoms with E-state index in [1.807, 2.05) is 0 Å². The van der Waals surface area contributed by atoms with Gasteiger partial charge in [0.1, 0.15) is 22.1 Å². The Labute approximate surface area is 232 Å². The van der Waals surface area contributed by atoms with Gasteiger partial charge in [0.25, 0.3) is 0 Å². The van der Waals surface area contributed by atoms with Crippen LogP contribution in [0.15, 0.2) is 24.3 Å². The Hall–Kier alpha value is -1.66. The molecule has 0 fully saturated rings. The SMILES string of the molecule is CCOP(=O)(OCC)c1cc2c(cc1O)C1(CC2(C)C)CC(C)(C)c2cc(P(=O)(OCC)OCC)c(O)cc21. The molecule has 0 heterocycles. The van der Waals surface area contributed by atoms with Crippen LogP contribution in [-0.4, -0.2) is 36.6 Å². The highest BCUT2D eigenvalue weighted by molar-refractivity contribution is 7.62. The van der Waals surface area contributed by atoms with E-state index in [2.05, 4.69) is 27.7 Å². The summed E-state index contributed by atoms with van der Waals surface area (Å²) in [5, 5.41) is 22.8. The van der Waals surface area contributed by atoms with Crippen molar-refractivity contribution in [1.29, 1.82) is 0 Å². The molecule has 0 radical (unpaired) electrons. The maximum absolute atomic E-state index is 13.7. The van der Waals surface area contributed by atoms with Crippen molar-refractivity contribution >= 4 is 25.8 Å². The number of aromatic hydroxyl groups is 2. The third-order valence-corrected chi connectivity index (χ3v) is 12.3. The normalized spacial score (nSPS) is 18.9. The van der Waals surface area contributed by atoms with Gasteiger partial charge < -0.3 is 28.3 Å². The lowest BCUT2D eigenvalue weighted by Crippen LogP contribution is -2.27. The van der Waals surface area contributed by atoms with Crippen LogP contribution in [0.5, 0.6) is 11.5 Å². The van der Waals surface area contributed by atoms with Crippen molar-refractivity contribution in [3.63, 3.8) is 0 Å².